The van der Waals surface area contributed by atoms with E-state index in [-0.39, 0.29) is 34.5 Å². The van der Waals surface area contributed by atoms with E-state index >= 15 is 0 Å². The number of benzene rings is 2. The molecular formula is C41H44N10O6S4. The Balaban J connectivity index is 0.000000184. The van der Waals surface area contributed by atoms with Gasteiger partial charge < -0.3 is 52.4 Å². The molecule has 8 rings (SSSR count). The molecule has 16 nitrogen and oxygen atoms in total. The molecule has 20 heteroatoms. The molecule has 2 amide bonds. The molecule has 0 atom stereocenters. The van der Waals surface area contributed by atoms with Crippen LogP contribution < -0.4 is 42.5 Å². The molecule has 6 heterocycles. The van der Waals surface area contributed by atoms with Gasteiger partial charge in [-0.2, -0.15) is 0 Å². The highest BCUT2D eigenvalue weighted by Crippen LogP contribution is 2.33. The molecular weight excluding hydrogens is 857 g/mol. The third-order valence-corrected chi connectivity index (χ3v) is 13.2. The third kappa shape index (κ3) is 10.9. The number of piperidine rings is 2. The minimum atomic E-state index is -1.00. The fourth-order valence-electron chi connectivity index (χ4n) is 6.70. The average Bonchev–Trinajstić information content (AvgIpc) is 4.11. The Hall–Kier alpha value is -5.90. The number of esters is 1. The van der Waals surface area contributed by atoms with Crippen molar-refractivity contribution in [2.75, 3.05) is 64.4 Å². The number of carbonyl (C=O) groups excluding carboxylic acids is 3. The smallest absolute Gasteiger partial charge is 0.350 e. The van der Waals surface area contributed by atoms with Crippen LogP contribution in [0.25, 0.3) is 0 Å². The predicted molar refractivity (Wildman–Crippen MR) is 245 cm³/mol. The molecule has 6 aromatic rings. The predicted octanol–water partition coefficient (Wildman–Crippen LogP) is 7.74. The highest BCUT2D eigenvalue weighted by molar-refractivity contribution is 7.15. The number of nitrogens with one attached hydrogen (secondary N) is 4. The standard InChI is InChI=1S/C21H23N5O3S2.C20H21N5O3S2/c1-29-20(28)18-15(8-11-30-18)24-21-25-16(12-31-21)19(27)23-14-4-2-3-5-17(14)26-9-6-13(22)7-10-26;21-12-5-8-25(9-6-12)16-4-2-1-3-13(16)22-18(26)15-11-30-20(24-15)23-14-7-10-29-17(14)19(27)28/h2-5,8,11-13H,6-7,9-10,22H2,1H3,(H,23,27)(H,24,25);1-4,7,10-12H,5-6,8-9,21H2,(H,22,26)(H,23,24)(H,27,28). The second-order valence-electron chi connectivity index (χ2n) is 14.0. The second-order valence-corrected chi connectivity index (χ2v) is 17.6. The lowest BCUT2D eigenvalue weighted by Crippen LogP contribution is -2.40. The van der Waals surface area contributed by atoms with Gasteiger partial charge in [-0.1, -0.05) is 24.3 Å². The van der Waals surface area contributed by atoms with Crippen LogP contribution in [0.4, 0.5) is 44.4 Å². The number of nitrogens with zero attached hydrogens (tertiary/aromatic N) is 4. The van der Waals surface area contributed by atoms with E-state index < -0.39 is 11.9 Å². The molecule has 0 bridgehead atoms. The number of ether oxygens (including phenoxy) is 1. The average molecular weight is 901 g/mol. The molecule has 2 fully saturated rings. The van der Waals surface area contributed by atoms with Crippen molar-refractivity contribution in [1.82, 2.24) is 9.97 Å². The van der Waals surface area contributed by atoms with E-state index in [9.17, 15) is 24.3 Å². The summed E-state index contributed by atoms with van der Waals surface area (Å²) in [5.41, 5.74) is 17.1. The molecule has 61 heavy (non-hydrogen) atoms. The second kappa shape index (κ2) is 20.1. The normalized spacial score (nSPS) is 14.4. The number of aromatic carboxylic acids is 1. The summed E-state index contributed by atoms with van der Waals surface area (Å²) in [5, 5.41) is 29.0. The molecule has 2 aliphatic rings. The van der Waals surface area contributed by atoms with Crippen LogP contribution in [-0.2, 0) is 4.74 Å². The highest BCUT2D eigenvalue weighted by atomic mass is 32.1. The van der Waals surface area contributed by atoms with Crippen molar-refractivity contribution in [3.05, 3.63) is 103 Å². The Labute approximate surface area is 367 Å². The number of amides is 2. The minimum absolute atomic E-state index is 0.200. The molecule has 0 saturated carbocycles. The first-order valence-corrected chi connectivity index (χ1v) is 22.8. The van der Waals surface area contributed by atoms with E-state index in [4.69, 9.17) is 16.2 Å². The number of aromatic nitrogens is 2. The van der Waals surface area contributed by atoms with Crippen molar-refractivity contribution >= 4 is 113 Å². The number of methoxy groups -OCH3 is 1. The quantitative estimate of drug-likeness (QED) is 0.0583. The van der Waals surface area contributed by atoms with Crippen LogP contribution in [0.3, 0.4) is 0 Å². The van der Waals surface area contributed by atoms with Crippen molar-refractivity contribution in [2.45, 2.75) is 37.8 Å². The summed E-state index contributed by atoms with van der Waals surface area (Å²) in [6, 6.07) is 19.4. The molecule has 2 aromatic carbocycles. The van der Waals surface area contributed by atoms with Gasteiger partial charge in [0.05, 0.1) is 41.2 Å². The van der Waals surface area contributed by atoms with Gasteiger partial charge in [0, 0.05) is 49.0 Å². The Kier molecular flexibility index (Phi) is 14.2. The van der Waals surface area contributed by atoms with E-state index in [0.717, 1.165) is 85.9 Å². The number of thiazole rings is 2. The van der Waals surface area contributed by atoms with Gasteiger partial charge in [-0.05, 0) is 72.8 Å². The third-order valence-electron chi connectivity index (χ3n) is 9.92. The van der Waals surface area contributed by atoms with E-state index in [2.05, 4.69) is 41.0 Å². The van der Waals surface area contributed by atoms with Gasteiger partial charge in [-0.3, -0.25) is 9.59 Å². The van der Waals surface area contributed by atoms with Gasteiger partial charge >= 0.3 is 11.9 Å². The summed E-state index contributed by atoms with van der Waals surface area (Å²) in [5.74, 6) is -2.02. The van der Waals surface area contributed by atoms with Crippen LogP contribution in [0.5, 0.6) is 0 Å². The molecule has 318 valence electrons. The van der Waals surface area contributed by atoms with Crippen LogP contribution in [0.2, 0.25) is 0 Å². The van der Waals surface area contributed by atoms with Gasteiger partial charge in [-0.25, -0.2) is 19.6 Å². The number of para-hydroxylation sites is 4. The summed E-state index contributed by atoms with van der Waals surface area (Å²) in [6.07, 6.45) is 3.70. The van der Waals surface area contributed by atoms with Crippen LogP contribution in [-0.4, -0.2) is 84.2 Å². The number of carbonyl (C=O) groups is 4. The monoisotopic (exact) mass is 900 g/mol. The number of rotatable bonds is 12. The Morgan fingerprint density at radius 3 is 1.51 bits per heavy atom. The van der Waals surface area contributed by atoms with Crippen LogP contribution in [0.15, 0.2) is 82.2 Å². The van der Waals surface area contributed by atoms with Crippen molar-refractivity contribution in [3.8, 4) is 0 Å². The molecule has 4 aromatic heterocycles. The zero-order valence-corrected chi connectivity index (χ0v) is 36.2. The lowest BCUT2D eigenvalue weighted by atomic mass is 10.0. The van der Waals surface area contributed by atoms with Gasteiger partial charge in [0.15, 0.2) is 10.3 Å². The topological polar surface area (TPSA) is 230 Å². The van der Waals surface area contributed by atoms with Crippen molar-refractivity contribution in [3.63, 3.8) is 0 Å². The first-order valence-electron chi connectivity index (χ1n) is 19.3. The number of hydrogen-bond acceptors (Lipinski definition) is 17. The van der Waals surface area contributed by atoms with E-state index in [0.29, 0.717) is 32.2 Å². The maximum atomic E-state index is 12.8. The van der Waals surface area contributed by atoms with Crippen molar-refractivity contribution in [2.24, 2.45) is 11.5 Å². The maximum Gasteiger partial charge on any atom is 0.350 e. The Morgan fingerprint density at radius 2 is 1.07 bits per heavy atom. The summed E-state index contributed by atoms with van der Waals surface area (Å²) >= 11 is 4.95. The molecule has 0 unspecified atom stereocenters. The van der Waals surface area contributed by atoms with E-state index in [1.54, 1.807) is 33.7 Å². The zero-order chi connectivity index (χ0) is 42.9. The SMILES string of the molecule is COC(=O)c1sccc1Nc1nc(C(=O)Nc2ccccc2N2CCC(N)CC2)cs1.NC1CCN(c2ccccc2NC(=O)c2csc(Nc3ccsc3C(=O)O)n2)CC1. The Bertz CT molecular complexity index is 2470. The largest absolute Gasteiger partial charge is 0.477 e. The Morgan fingerprint density at radius 1 is 0.639 bits per heavy atom. The minimum Gasteiger partial charge on any atom is -0.477 e. The summed E-state index contributed by atoms with van der Waals surface area (Å²) in [7, 11) is 1.34. The highest BCUT2D eigenvalue weighted by Gasteiger charge is 2.23. The van der Waals surface area contributed by atoms with E-state index in [1.165, 1.54) is 41.1 Å². The molecule has 2 saturated heterocycles. The number of anilines is 8. The molecule has 0 radical (unpaired) electrons. The van der Waals surface area contributed by atoms with Gasteiger partial charge in [0.25, 0.3) is 11.8 Å². The number of carboxylic acids is 1. The number of hydrogen-bond donors (Lipinski definition) is 7. The maximum absolute atomic E-state index is 12.8. The number of nitrogens with two attached hydrogens (primary N) is 2. The summed E-state index contributed by atoms with van der Waals surface area (Å²) < 4.78 is 4.79. The van der Waals surface area contributed by atoms with Crippen LogP contribution in [0.1, 0.15) is 66.0 Å². The van der Waals surface area contributed by atoms with Crippen LogP contribution in [0, 0.1) is 0 Å². The van der Waals surface area contributed by atoms with Crippen molar-refractivity contribution in [1.29, 1.82) is 0 Å². The molecule has 9 N–H and O–H groups in total. The molecule has 0 aliphatic carbocycles. The molecule has 2 aliphatic heterocycles. The van der Waals surface area contributed by atoms with E-state index in [1.807, 2.05) is 48.5 Å². The fraction of sp³-hybridized carbons (Fsp3) is 0.268. The summed E-state index contributed by atoms with van der Waals surface area (Å²) in [4.78, 5) is 62.5. The first-order chi connectivity index (χ1) is 29.6. The van der Waals surface area contributed by atoms with Crippen LogP contribution >= 0.6 is 45.3 Å². The number of thiophene rings is 2. The zero-order valence-electron chi connectivity index (χ0n) is 33.0. The molecule has 0 spiro atoms. The fourth-order valence-corrected chi connectivity index (χ4v) is 9.56. The first kappa shape index (κ1) is 43.2. The van der Waals surface area contributed by atoms with Gasteiger partial charge in [0.2, 0.25) is 0 Å². The lowest BCUT2D eigenvalue weighted by molar-refractivity contribution is 0.0606. The lowest BCUT2D eigenvalue weighted by Gasteiger charge is -2.33. The number of carboxylic acid groups (broad SMARTS) is 1. The summed E-state index contributed by atoms with van der Waals surface area (Å²) in [6.45, 7) is 3.43. The van der Waals surface area contributed by atoms with Crippen molar-refractivity contribution < 1.29 is 29.0 Å². The van der Waals surface area contributed by atoms with Gasteiger partial charge in [-0.15, -0.1) is 45.3 Å². The van der Waals surface area contributed by atoms with Gasteiger partial charge in [0.1, 0.15) is 21.1 Å².